The summed E-state index contributed by atoms with van der Waals surface area (Å²) in [5.41, 5.74) is 6.12. The molecule has 0 amide bonds. The molecule has 2 heteroatoms. The standard InChI is InChI=1S/C12H26N2/c1-2-3-4-7-10-14-11-8-5-6-9-12(14)13/h12H,2-11,13H2,1H3. The third kappa shape index (κ3) is 4.43. The van der Waals surface area contributed by atoms with E-state index in [9.17, 15) is 0 Å². The van der Waals surface area contributed by atoms with E-state index in [0.29, 0.717) is 6.17 Å². The highest BCUT2D eigenvalue weighted by molar-refractivity contribution is 4.70. The average Bonchev–Trinajstić information content (AvgIpc) is 2.39. The minimum atomic E-state index is 0.346. The number of nitrogens with zero attached hydrogens (tertiary/aromatic N) is 1. The van der Waals surface area contributed by atoms with Crippen LogP contribution in [0, 0.1) is 0 Å². The molecule has 1 unspecified atom stereocenters. The second-order valence-corrected chi connectivity index (χ2v) is 4.51. The van der Waals surface area contributed by atoms with Gasteiger partial charge in [-0.15, -0.1) is 0 Å². The van der Waals surface area contributed by atoms with Crippen LogP contribution in [0.3, 0.4) is 0 Å². The number of unbranched alkanes of at least 4 members (excludes halogenated alkanes) is 3. The first kappa shape index (κ1) is 12.0. The summed E-state index contributed by atoms with van der Waals surface area (Å²) in [5, 5.41) is 0. The molecule has 0 saturated carbocycles. The van der Waals surface area contributed by atoms with Crippen molar-refractivity contribution in [3.63, 3.8) is 0 Å². The zero-order chi connectivity index (χ0) is 10.2. The van der Waals surface area contributed by atoms with Gasteiger partial charge in [-0.2, -0.15) is 0 Å². The summed E-state index contributed by atoms with van der Waals surface area (Å²) >= 11 is 0. The molecule has 1 saturated heterocycles. The molecule has 0 aliphatic carbocycles. The molecule has 0 aromatic heterocycles. The summed E-state index contributed by atoms with van der Waals surface area (Å²) in [6.45, 7) is 4.71. The number of hydrogen-bond donors (Lipinski definition) is 1. The van der Waals surface area contributed by atoms with E-state index in [1.54, 1.807) is 0 Å². The van der Waals surface area contributed by atoms with Gasteiger partial charge in [0, 0.05) is 0 Å². The minimum absolute atomic E-state index is 0.346. The summed E-state index contributed by atoms with van der Waals surface area (Å²) in [5.74, 6) is 0. The molecule has 84 valence electrons. The van der Waals surface area contributed by atoms with Crippen LogP contribution in [0.5, 0.6) is 0 Å². The van der Waals surface area contributed by atoms with Gasteiger partial charge in [0.2, 0.25) is 0 Å². The first-order valence-electron chi connectivity index (χ1n) is 6.34. The van der Waals surface area contributed by atoms with Crippen LogP contribution >= 0.6 is 0 Å². The molecule has 0 radical (unpaired) electrons. The molecule has 1 aliphatic heterocycles. The SMILES string of the molecule is CCCCCCN1CCCCCC1N. The Hall–Kier alpha value is -0.0800. The summed E-state index contributed by atoms with van der Waals surface area (Å²) < 4.78 is 0. The molecule has 0 spiro atoms. The van der Waals surface area contributed by atoms with Gasteiger partial charge in [0.25, 0.3) is 0 Å². The fraction of sp³-hybridized carbons (Fsp3) is 1.00. The zero-order valence-corrected chi connectivity index (χ0v) is 9.67. The van der Waals surface area contributed by atoms with E-state index in [4.69, 9.17) is 5.73 Å². The van der Waals surface area contributed by atoms with Gasteiger partial charge in [0.15, 0.2) is 0 Å². The Kier molecular flexibility index (Phi) is 6.20. The van der Waals surface area contributed by atoms with Gasteiger partial charge in [-0.3, -0.25) is 4.90 Å². The van der Waals surface area contributed by atoms with E-state index < -0.39 is 0 Å². The molecular formula is C12H26N2. The van der Waals surface area contributed by atoms with Crippen LogP contribution in [0.25, 0.3) is 0 Å². The normalized spacial score (nSPS) is 24.9. The highest BCUT2D eigenvalue weighted by atomic mass is 15.2. The van der Waals surface area contributed by atoms with Crippen molar-refractivity contribution in [2.75, 3.05) is 13.1 Å². The lowest BCUT2D eigenvalue weighted by atomic mass is 10.2. The molecule has 2 nitrogen and oxygen atoms in total. The fourth-order valence-electron chi connectivity index (χ4n) is 2.21. The fourth-order valence-corrected chi connectivity index (χ4v) is 2.21. The van der Waals surface area contributed by atoms with Crippen molar-refractivity contribution in [2.24, 2.45) is 5.73 Å². The molecule has 0 aromatic rings. The van der Waals surface area contributed by atoms with E-state index in [1.807, 2.05) is 0 Å². The van der Waals surface area contributed by atoms with E-state index in [1.165, 1.54) is 64.5 Å². The van der Waals surface area contributed by atoms with Crippen molar-refractivity contribution in [3.05, 3.63) is 0 Å². The Morgan fingerprint density at radius 2 is 2.00 bits per heavy atom. The summed E-state index contributed by atoms with van der Waals surface area (Å²) in [6, 6.07) is 0. The predicted octanol–water partition coefficient (Wildman–Crippen LogP) is 2.73. The summed E-state index contributed by atoms with van der Waals surface area (Å²) in [6.07, 6.45) is 11.0. The predicted molar refractivity (Wildman–Crippen MR) is 62.2 cm³/mol. The smallest absolute Gasteiger partial charge is 0.0571 e. The Bertz CT molecular complexity index is 136. The highest BCUT2D eigenvalue weighted by Crippen LogP contribution is 2.14. The maximum atomic E-state index is 6.12. The van der Waals surface area contributed by atoms with Gasteiger partial charge in [0.05, 0.1) is 6.17 Å². The van der Waals surface area contributed by atoms with Crippen molar-refractivity contribution in [1.82, 2.24) is 4.90 Å². The first-order valence-corrected chi connectivity index (χ1v) is 6.34. The van der Waals surface area contributed by atoms with Gasteiger partial charge >= 0.3 is 0 Å². The topological polar surface area (TPSA) is 29.3 Å². The number of likely N-dealkylation sites (tertiary alicyclic amines) is 1. The minimum Gasteiger partial charge on any atom is -0.316 e. The van der Waals surface area contributed by atoms with E-state index in [-0.39, 0.29) is 0 Å². The molecule has 1 heterocycles. The molecule has 0 aromatic carbocycles. The lowest BCUT2D eigenvalue weighted by Gasteiger charge is -2.26. The van der Waals surface area contributed by atoms with Gasteiger partial charge < -0.3 is 5.73 Å². The number of nitrogens with two attached hydrogens (primary N) is 1. The molecule has 2 N–H and O–H groups in total. The quantitative estimate of drug-likeness (QED) is 0.688. The molecule has 0 bridgehead atoms. The van der Waals surface area contributed by atoms with Crippen LogP contribution in [0.15, 0.2) is 0 Å². The summed E-state index contributed by atoms with van der Waals surface area (Å²) in [7, 11) is 0. The van der Waals surface area contributed by atoms with Gasteiger partial charge in [-0.25, -0.2) is 0 Å². The Labute approximate surface area is 88.8 Å². The largest absolute Gasteiger partial charge is 0.316 e. The van der Waals surface area contributed by atoms with Crippen LogP contribution in [-0.4, -0.2) is 24.2 Å². The second-order valence-electron chi connectivity index (χ2n) is 4.51. The zero-order valence-electron chi connectivity index (χ0n) is 9.67. The van der Waals surface area contributed by atoms with Gasteiger partial charge in [-0.05, 0) is 32.4 Å². The molecule has 14 heavy (non-hydrogen) atoms. The van der Waals surface area contributed by atoms with Crippen molar-refractivity contribution in [1.29, 1.82) is 0 Å². The first-order chi connectivity index (χ1) is 6.84. The van der Waals surface area contributed by atoms with Crippen molar-refractivity contribution in [3.8, 4) is 0 Å². The number of rotatable bonds is 5. The van der Waals surface area contributed by atoms with E-state index in [0.717, 1.165) is 0 Å². The maximum absolute atomic E-state index is 6.12. The average molecular weight is 198 g/mol. The van der Waals surface area contributed by atoms with E-state index >= 15 is 0 Å². The van der Waals surface area contributed by atoms with Crippen LogP contribution in [-0.2, 0) is 0 Å². The van der Waals surface area contributed by atoms with Gasteiger partial charge in [-0.1, -0.05) is 39.0 Å². The Morgan fingerprint density at radius 1 is 1.14 bits per heavy atom. The number of hydrogen-bond acceptors (Lipinski definition) is 2. The van der Waals surface area contributed by atoms with Crippen molar-refractivity contribution >= 4 is 0 Å². The second kappa shape index (κ2) is 7.24. The summed E-state index contributed by atoms with van der Waals surface area (Å²) in [4.78, 5) is 2.49. The van der Waals surface area contributed by atoms with Gasteiger partial charge in [0.1, 0.15) is 0 Å². The van der Waals surface area contributed by atoms with Crippen molar-refractivity contribution in [2.45, 2.75) is 64.5 Å². The molecule has 1 atom stereocenters. The van der Waals surface area contributed by atoms with Crippen LogP contribution in [0.1, 0.15) is 58.3 Å². The lowest BCUT2D eigenvalue weighted by Crippen LogP contribution is -2.41. The van der Waals surface area contributed by atoms with Crippen LogP contribution < -0.4 is 5.73 Å². The lowest BCUT2D eigenvalue weighted by molar-refractivity contribution is 0.200. The maximum Gasteiger partial charge on any atom is 0.0571 e. The van der Waals surface area contributed by atoms with Crippen molar-refractivity contribution < 1.29 is 0 Å². The third-order valence-corrected chi connectivity index (χ3v) is 3.21. The molecule has 1 rings (SSSR count). The monoisotopic (exact) mass is 198 g/mol. The Morgan fingerprint density at radius 3 is 2.79 bits per heavy atom. The highest BCUT2D eigenvalue weighted by Gasteiger charge is 2.15. The third-order valence-electron chi connectivity index (χ3n) is 3.21. The van der Waals surface area contributed by atoms with Crippen LogP contribution in [0.2, 0.25) is 0 Å². The molecule has 1 fully saturated rings. The Balaban J connectivity index is 2.13. The van der Waals surface area contributed by atoms with E-state index in [2.05, 4.69) is 11.8 Å². The molecular weight excluding hydrogens is 172 g/mol. The van der Waals surface area contributed by atoms with Crippen LogP contribution in [0.4, 0.5) is 0 Å². The molecule has 1 aliphatic rings.